The molecule has 0 aliphatic carbocycles. The van der Waals surface area contributed by atoms with Crippen LogP contribution < -0.4 is 20.1 Å². The maximum absolute atomic E-state index is 12.9. The minimum atomic E-state index is -1.14. The molecule has 0 unspecified atom stereocenters. The van der Waals surface area contributed by atoms with Crippen molar-refractivity contribution in [3.05, 3.63) is 90.6 Å². The Kier molecular flexibility index (Phi) is 6.55. The molecule has 0 fully saturated rings. The number of nitrogens with zero attached hydrogens (tertiary/aromatic N) is 4. The quantitative estimate of drug-likeness (QED) is 0.275. The fourth-order valence-corrected chi connectivity index (χ4v) is 3.82. The summed E-state index contributed by atoms with van der Waals surface area (Å²) in [5, 5.41) is 15.0. The standard InChI is InChI=1S/C27H22N6O5/c1-37-22-9-7-18(13-23(22)38-2)30-24-25-28-10-11-33(25)15-21(32-24)16-4-3-5-17(12-16)26(34)31-19-6-8-20(27(35)36)29-14-19/h3-15H,1-2H3,(H,30,32)(H,31,34)(H,35,36). The van der Waals surface area contributed by atoms with Gasteiger partial charge in [-0.15, -0.1) is 0 Å². The van der Waals surface area contributed by atoms with Gasteiger partial charge in [-0.05, 0) is 36.4 Å². The van der Waals surface area contributed by atoms with E-state index in [9.17, 15) is 9.59 Å². The van der Waals surface area contributed by atoms with Gasteiger partial charge in [0.2, 0.25) is 0 Å². The third-order valence-electron chi connectivity index (χ3n) is 5.68. The Labute approximate surface area is 216 Å². The lowest BCUT2D eigenvalue weighted by atomic mass is 10.1. The van der Waals surface area contributed by atoms with Crippen molar-refractivity contribution in [1.82, 2.24) is 19.4 Å². The molecule has 190 valence electrons. The van der Waals surface area contributed by atoms with E-state index in [1.165, 1.54) is 18.3 Å². The van der Waals surface area contributed by atoms with E-state index in [1.54, 1.807) is 50.7 Å². The fraction of sp³-hybridized carbons (Fsp3) is 0.0741. The van der Waals surface area contributed by atoms with Gasteiger partial charge in [-0.1, -0.05) is 12.1 Å². The van der Waals surface area contributed by atoms with E-state index in [4.69, 9.17) is 19.6 Å². The van der Waals surface area contributed by atoms with Crippen LogP contribution in [-0.2, 0) is 0 Å². The number of nitrogens with one attached hydrogen (secondary N) is 2. The number of fused-ring (bicyclic) bond motifs is 1. The largest absolute Gasteiger partial charge is 0.493 e. The zero-order chi connectivity index (χ0) is 26.6. The Morgan fingerprint density at radius 2 is 1.76 bits per heavy atom. The highest BCUT2D eigenvalue weighted by atomic mass is 16.5. The lowest BCUT2D eigenvalue weighted by molar-refractivity contribution is 0.0690. The molecule has 0 spiro atoms. The summed E-state index contributed by atoms with van der Waals surface area (Å²) in [6.07, 6.45) is 6.61. The molecule has 11 nitrogen and oxygen atoms in total. The maximum atomic E-state index is 12.9. The van der Waals surface area contributed by atoms with E-state index < -0.39 is 5.97 Å². The van der Waals surface area contributed by atoms with Gasteiger partial charge in [0, 0.05) is 41.5 Å². The molecule has 0 saturated heterocycles. The van der Waals surface area contributed by atoms with Crippen LogP contribution in [0.2, 0.25) is 0 Å². The number of benzene rings is 2. The molecule has 0 saturated carbocycles. The number of carbonyl (C=O) groups excluding carboxylic acids is 1. The molecule has 1 amide bonds. The molecule has 0 atom stereocenters. The van der Waals surface area contributed by atoms with Gasteiger partial charge in [0.1, 0.15) is 5.69 Å². The predicted octanol–water partition coefficient (Wildman–Crippen LogP) is 4.50. The first-order chi connectivity index (χ1) is 18.4. The summed E-state index contributed by atoms with van der Waals surface area (Å²) in [7, 11) is 3.14. The number of rotatable bonds is 8. The lowest BCUT2D eigenvalue weighted by Crippen LogP contribution is -2.12. The SMILES string of the molecule is COc1ccc(Nc2nc(-c3cccc(C(=O)Nc4ccc(C(=O)O)nc4)c3)cn3ccnc23)cc1OC. The predicted molar refractivity (Wildman–Crippen MR) is 140 cm³/mol. The highest BCUT2D eigenvalue weighted by Crippen LogP contribution is 2.32. The van der Waals surface area contributed by atoms with Gasteiger partial charge in [0.25, 0.3) is 5.91 Å². The zero-order valence-electron chi connectivity index (χ0n) is 20.4. The number of methoxy groups -OCH3 is 2. The van der Waals surface area contributed by atoms with Crippen molar-refractivity contribution in [2.45, 2.75) is 0 Å². The number of carboxylic acid groups (broad SMARTS) is 1. The molecule has 0 aliphatic rings. The topological polar surface area (TPSA) is 140 Å². The van der Waals surface area contributed by atoms with Crippen LogP contribution >= 0.6 is 0 Å². The second kappa shape index (κ2) is 10.3. The highest BCUT2D eigenvalue weighted by Gasteiger charge is 2.14. The third-order valence-corrected chi connectivity index (χ3v) is 5.68. The zero-order valence-corrected chi connectivity index (χ0v) is 20.4. The Balaban J connectivity index is 1.44. The number of hydrogen-bond acceptors (Lipinski definition) is 8. The molecule has 5 rings (SSSR count). The first-order valence-corrected chi connectivity index (χ1v) is 11.4. The van der Waals surface area contributed by atoms with Gasteiger partial charge >= 0.3 is 5.97 Å². The molecule has 38 heavy (non-hydrogen) atoms. The van der Waals surface area contributed by atoms with Crippen molar-refractivity contribution in [2.24, 2.45) is 0 Å². The van der Waals surface area contributed by atoms with E-state index >= 15 is 0 Å². The monoisotopic (exact) mass is 510 g/mol. The summed E-state index contributed by atoms with van der Waals surface area (Å²) in [5.41, 5.74) is 3.34. The van der Waals surface area contributed by atoms with Crippen LogP contribution in [0.5, 0.6) is 11.5 Å². The van der Waals surface area contributed by atoms with Gasteiger partial charge < -0.3 is 29.6 Å². The number of pyridine rings is 1. The van der Waals surface area contributed by atoms with Crippen LogP contribution in [0.1, 0.15) is 20.8 Å². The first-order valence-electron chi connectivity index (χ1n) is 11.4. The van der Waals surface area contributed by atoms with E-state index in [1.807, 2.05) is 28.9 Å². The van der Waals surface area contributed by atoms with Crippen LogP contribution in [0.15, 0.2) is 79.4 Å². The second-order valence-corrected chi connectivity index (χ2v) is 8.10. The molecule has 5 aromatic rings. The summed E-state index contributed by atoms with van der Waals surface area (Å²) < 4.78 is 12.6. The molecule has 0 aliphatic heterocycles. The Morgan fingerprint density at radius 3 is 2.50 bits per heavy atom. The van der Waals surface area contributed by atoms with Crippen molar-refractivity contribution in [2.75, 3.05) is 24.9 Å². The number of hydrogen-bond donors (Lipinski definition) is 3. The van der Waals surface area contributed by atoms with Gasteiger partial charge in [0.05, 0.1) is 31.8 Å². The lowest BCUT2D eigenvalue weighted by Gasteiger charge is -2.13. The molecular weight excluding hydrogens is 488 g/mol. The molecule has 0 bridgehead atoms. The van der Waals surface area contributed by atoms with Crippen molar-refractivity contribution < 1.29 is 24.2 Å². The minimum absolute atomic E-state index is 0.108. The third kappa shape index (κ3) is 4.93. The number of carbonyl (C=O) groups is 2. The summed E-state index contributed by atoms with van der Waals surface area (Å²) in [4.78, 5) is 36.9. The highest BCUT2D eigenvalue weighted by molar-refractivity contribution is 6.05. The maximum Gasteiger partial charge on any atom is 0.354 e. The van der Waals surface area contributed by atoms with Gasteiger partial charge in [-0.2, -0.15) is 0 Å². The van der Waals surface area contributed by atoms with Gasteiger partial charge in [0.15, 0.2) is 23.0 Å². The molecule has 3 N–H and O–H groups in total. The number of ether oxygens (including phenoxy) is 2. The Hall–Kier alpha value is -5.45. The van der Waals surface area contributed by atoms with E-state index in [0.717, 1.165) is 5.69 Å². The van der Waals surface area contributed by atoms with E-state index in [-0.39, 0.29) is 11.6 Å². The fourth-order valence-electron chi connectivity index (χ4n) is 3.82. The minimum Gasteiger partial charge on any atom is -0.493 e. The molecule has 2 aromatic carbocycles. The van der Waals surface area contributed by atoms with Crippen molar-refractivity contribution in [1.29, 1.82) is 0 Å². The average Bonchev–Trinajstić information content (AvgIpc) is 3.42. The summed E-state index contributed by atoms with van der Waals surface area (Å²) in [6.45, 7) is 0. The average molecular weight is 511 g/mol. The van der Waals surface area contributed by atoms with Crippen molar-refractivity contribution >= 4 is 34.7 Å². The van der Waals surface area contributed by atoms with Crippen molar-refractivity contribution in [3.63, 3.8) is 0 Å². The van der Waals surface area contributed by atoms with Crippen molar-refractivity contribution in [3.8, 4) is 22.8 Å². The summed E-state index contributed by atoms with van der Waals surface area (Å²) >= 11 is 0. The number of carboxylic acids is 1. The normalized spacial score (nSPS) is 10.7. The van der Waals surface area contributed by atoms with Crippen LogP contribution in [0.25, 0.3) is 16.9 Å². The Morgan fingerprint density at radius 1 is 0.947 bits per heavy atom. The Bertz CT molecular complexity index is 1650. The van der Waals surface area contributed by atoms with E-state index in [0.29, 0.717) is 45.5 Å². The summed E-state index contributed by atoms with van der Waals surface area (Å²) in [6, 6.07) is 15.3. The number of amides is 1. The first kappa shape index (κ1) is 24.3. The molecule has 3 heterocycles. The number of aromatic carboxylic acids is 1. The van der Waals surface area contributed by atoms with Crippen LogP contribution in [-0.4, -0.2) is 50.6 Å². The van der Waals surface area contributed by atoms with Gasteiger partial charge in [-0.3, -0.25) is 4.79 Å². The molecule has 11 heteroatoms. The van der Waals surface area contributed by atoms with Crippen LogP contribution in [0.3, 0.4) is 0 Å². The molecule has 3 aromatic heterocycles. The number of anilines is 3. The second-order valence-electron chi connectivity index (χ2n) is 8.10. The van der Waals surface area contributed by atoms with E-state index in [2.05, 4.69) is 20.6 Å². The number of imidazole rings is 1. The number of aromatic nitrogens is 4. The smallest absolute Gasteiger partial charge is 0.354 e. The van der Waals surface area contributed by atoms with Gasteiger partial charge in [-0.25, -0.2) is 19.7 Å². The molecule has 0 radical (unpaired) electrons. The summed E-state index contributed by atoms with van der Waals surface area (Å²) in [5.74, 6) is 0.176. The van der Waals surface area contributed by atoms with Crippen LogP contribution in [0, 0.1) is 0 Å². The molecular formula is C27H22N6O5. The van der Waals surface area contributed by atoms with Crippen LogP contribution in [0.4, 0.5) is 17.2 Å².